The fourth-order valence-corrected chi connectivity index (χ4v) is 2.54. The lowest BCUT2D eigenvalue weighted by atomic mass is 10.2. The number of hydrogen-bond acceptors (Lipinski definition) is 4. The molecule has 0 saturated carbocycles. The molecule has 0 N–H and O–H groups in total. The smallest absolute Gasteiger partial charge is 0.161 e. The Morgan fingerprint density at radius 2 is 1.19 bits per heavy atom. The first kappa shape index (κ1) is 18.6. The zero-order valence-corrected chi connectivity index (χ0v) is 15.5. The molecule has 0 heterocycles. The minimum Gasteiger partial charge on any atom is -0.493 e. The largest absolute Gasteiger partial charge is 0.493 e. The first-order valence-electron chi connectivity index (χ1n) is 9.00. The van der Waals surface area contributed by atoms with Gasteiger partial charge in [0, 0.05) is 6.42 Å². The maximum atomic E-state index is 5.77. The van der Waals surface area contributed by atoms with Crippen LogP contribution in [-0.4, -0.2) is 20.3 Å². The highest BCUT2D eigenvalue weighted by atomic mass is 16.5. The number of methoxy groups -OCH3 is 1. The molecule has 0 unspecified atom stereocenters. The lowest BCUT2D eigenvalue weighted by Gasteiger charge is -2.11. The Bertz CT molecular complexity index is 800. The zero-order valence-electron chi connectivity index (χ0n) is 15.5. The van der Waals surface area contributed by atoms with Gasteiger partial charge in [0.05, 0.1) is 20.3 Å². The molecule has 27 heavy (non-hydrogen) atoms. The second-order valence-electron chi connectivity index (χ2n) is 5.95. The summed E-state index contributed by atoms with van der Waals surface area (Å²) < 4.78 is 22.5. The minimum absolute atomic E-state index is 0.557. The van der Waals surface area contributed by atoms with Crippen LogP contribution in [0.1, 0.15) is 12.0 Å². The number of ether oxygens (including phenoxy) is 4. The molecule has 0 aliphatic heterocycles. The van der Waals surface area contributed by atoms with E-state index in [2.05, 4.69) is 0 Å². The third-order valence-corrected chi connectivity index (χ3v) is 3.96. The molecule has 0 bridgehead atoms. The molecule has 0 spiro atoms. The van der Waals surface area contributed by atoms with Crippen LogP contribution >= 0.6 is 0 Å². The maximum absolute atomic E-state index is 5.77. The number of para-hydroxylation sites is 2. The van der Waals surface area contributed by atoms with Crippen LogP contribution < -0.4 is 18.9 Å². The third kappa shape index (κ3) is 5.96. The first-order valence-corrected chi connectivity index (χ1v) is 9.00. The van der Waals surface area contributed by atoms with Crippen molar-refractivity contribution in [3.05, 3.63) is 84.4 Å². The van der Waals surface area contributed by atoms with Gasteiger partial charge < -0.3 is 18.9 Å². The van der Waals surface area contributed by atoms with Gasteiger partial charge in [0.25, 0.3) is 0 Å². The van der Waals surface area contributed by atoms with Crippen molar-refractivity contribution in [1.82, 2.24) is 0 Å². The SMILES string of the molecule is COc1ccccc1OCCCOc1ccc(OCc2ccccc2)cc1. The van der Waals surface area contributed by atoms with Gasteiger partial charge >= 0.3 is 0 Å². The van der Waals surface area contributed by atoms with Gasteiger partial charge in [-0.15, -0.1) is 0 Å². The summed E-state index contributed by atoms with van der Waals surface area (Å²) in [6.07, 6.45) is 0.782. The summed E-state index contributed by atoms with van der Waals surface area (Å²) in [5.41, 5.74) is 1.15. The van der Waals surface area contributed by atoms with E-state index in [4.69, 9.17) is 18.9 Å². The number of benzene rings is 3. The predicted molar refractivity (Wildman–Crippen MR) is 106 cm³/mol. The van der Waals surface area contributed by atoms with Crippen molar-refractivity contribution in [2.75, 3.05) is 20.3 Å². The van der Waals surface area contributed by atoms with E-state index in [9.17, 15) is 0 Å². The van der Waals surface area contributed by atoms with Crippen molar-refractivity contribution < 1.29 is 18.9 Å². The Morgan fingerprint density at radius 1 is 0.593 bits per heavy atom. The topological polar surface area (TPSA) is 36.9 Å². The van der Waals surface area contributed by atoms with Gasteiger partial charge in [-0.25, -0.2) is 0 Å². The molecule has 4 nitrogen and oxygen atoms in total. The van der Waals surface area contributed by atoms with Gasteiger partial charge in [-0.1, -0.05) is 42.5 Å². The van der Waals surface area contributed by atoms with Crippen molar-refractivity contribution in [2.45, 2.75) is 13.0 Å². The average Bonchev–Trinajstić information content (AvgIpc) is 2.74. The molecule has 3 aromatic rings. The van der Waals surface area contributed by atoms with Crippen LogP contribution in [0, 0.1) is 0 Å². The molecular formula is C23H24O4. The number of hydrogen-bond donors (Lipinski definition) is 0. The molecule has 0 aliphatic carbocycles. The fourth-order valence-electron chi connectivity index (χ4n) is 2.54. The first-order chi connectivity index (χ1) is 13.3. The third-order valence-electron chi connectivity index (χ3n) is 3.96. The summed E-state index contributed by atoms with van der Waals surface area (Å²) in [6, 6.07) is 25.4. The van der Waals surface area contributed by atoms with Gasteiger partial charge in [-0.3, -0.25) is 0 Å². The summed E-state index contributed by atoms with van der Waals surface area (Å²) in [5.74, 6) is 3.13. The highest BCUT2D eigenvalue weighted by Gasteiger charge is 2.02. The standard InChI is InChI=1S/C23H24O4/c1-24-22-10-5-6-11-23(22)26-17-7-16-25-20-12-14-21(15-13-20)27-18-19-8-3-2-4-9-19/h2-6,8-15H,7,16-18H2,1H3. The van der Waals surface area contributed by atoms with Gasteiger partial charge in [0.1, 0.15) is 18.1 Å². The summed E-state index contributed by atoms with van der Waals surface area (Å²) in [6.45, 7) is 1.71. The number of rotatable bonds is 10. The van der Waals surface area contributed by atoms with E-state index in [1.165, 1.54) is 0 Å². The van der Waals surface area contributed by atoms with Crippen LogP contribution in [0.15, 0.2) is 78.9 Å². The van der Waals surface area contributed by atoms with E-state index >= 15 is 0 Å². The van der Waals surface area contributed by atoms with Crippen LogP contribution in [0.2, 0.25) is 0 Å². The molecule has 0 fully saturated rings. The highest BCUT2D eigenvalue weighted by Crippen LogP contribution is 2.25. The summed E-state index contributed by atoms with van der Waals surface area (Å²) in [5, 5.41) is 0. The van der Waals surface area contributed by atoms with Crippen LogP contribution in [-0.2, 0) is 6.61 Å². The highest BCUT2D eigenvalue weighted by molar-refractivity contribution is 5.39. The second-order valence-corrected chi connectivity index (χ2v) is 5.95. The van der Waals surface area contributed by atoms with Crippen molar-refractivity contribution in [2.24, 2.45) is 0 Å². The zero-order chi connectivity index (χ0) is 18.7. The van der Waals surface area contributed by atoms with Crippen LogP contribution in [0.5, 0.6) is 23.0 Å². The Morgan fingerprint density at radius 3 is 1.89 bits per heavy atom. The molecular weight excluding hydrogens is 340 g/mol. The van der Waals surface area contributed by atoms with Gasteiger partial charge in [0.15, 0.2) is 11.5 Å². The van der Waals surface area contributed by atoms with Crippen LogP contribution in [0.3, 0.4) is 0 Å². The van der Waals surface area contributed by atoms with E-state index in [-0.39, 0.29) is 0 Å². The van der Waals surface area contributed by atoms with E-state index in [0.717, 1.165) is 35.0 Å². The summed E-state index contributed by atoms with van der Waals surface area (Å²) >= 11 is 0. The Labute approximate surface area is 160 Å². The Kier molecular flexibility index (Phi) is 6.99. The lowest BCUT2D eigenvalue weighted by molar-refractivity contribution is 0.240. The molecule has 140 valence electrons. The Hall–Kier alpha value is -3.14. The molecule has 0 radical (unpaired) electrons. The summed E-state index contributed by atoms with van der Waals surface area (Å²) in [4.78, 5) is 0. The molecule has 0 aromatic heterocycles. The van der Waals surface area contributed by atoms with E-state index in [1.807, 2.05) is 78.9 Å². The van der Waals surface area contributed by atoms with Gasteiger partial charge in [-0.2, -0.15) is 0 Å². The van der Waals surface area contributed by atoms with Crippen molar-refractivity contribution >= 4 is 0 Å². The van der Waals surface area contributed by atoms with E-state index in [1.54, 1.807) is 7.11 Å². The second kappa shape index (κ2) is 10.1. The molecule has 0 amide bonds. The molecule has 4 heteroatoms. The fraction of sp³-hybridized carbons (Fsp3) is 0.217. The van der Waals surface area contributed by atoms with Gasteiger partial charge in [-0.05, 0) is 42.0 Å². The van der Waals surface area contributed by atoms with Gasteiger partial charge in [0.2, 0.25) is 0 Å². The van der Waals surface area contributed by atoms with Crippen LogP contribution in [0.4, 0.5) is 0 Å². The van der Waals surface area contributed by atoms with Crippen molar-refractivity contribution in [3.8, 4) is 23.0 Å². The average molecular weight is 364 g/mol. The normalized spacial score (nSPS) is 10.3. The van der Waals surface area contributed by atoms with Crippen molar-refractivity contribution in [1.29, 1.82) is 0 Å². The monoisotopic (exact) mass is 364 g/mol. The maximum Gasteiger partial charge on any atom is 0.161 e. The van der Waals surface area contributed by atoms with Crippen LogP contribution in [0.25, 0.3) is 0 Å². The van der Waals surface area contributed by atoms with E-state index < -0.39 is 0 Å². The quantitative estimate of drug-likeness (QED) is 0.468. The molecule has 0 aliphatic rings. The molecule has 3 aromatic carbocycles. The predicted octanol–water partition coefficient (Wildman–Crippen LogP) is 5.12. The summed E-state index contributed by atoms with van der Waals surface area (Å²) in [7, 11) is 1.64. The molecule has 3 rings (SSSR count). The van der Waals surface area contributed by atoms with Crippen molar-refractivity contribution in [3.63, 3.8) is 0 Å². The minimum atomic E-state index is 0.557. The molecule has 0 saturated heterocycles. The van der Waals surface area contributed by atoms with E-state index in [0.29, 0.717) is 19.8 Å². The Balaban J connectivity index is 1.36. The molecule has 0 atom stereocenters. The lowest BCUT2D eigenvalue weighted by Crippen LogP contribution is -2.05.